The van der Waals surface area contributed by atoms with E-state index in [1.54, 1.807) is 56.8 Å². The van der Waals surface area contributed by atoms with Gasteiger partial charge >= 0.3 is 6.09 Å². The van der Waals surface area contributed by atoms with E-state index in [4.69, 9.17) is 9.47 Å². The van der Waals surface area contributed by atoms with Crippen molar-refractivity contribution in [2.24, 2.45) is 7.05 Å². The van der Waals surface area contributed by atoms with Crippen molar-refractivity contribution in [1.82, 2.24) is 14.8 Å². The number of rotatable bonds is 4. The number of aryl methyl sites for hydroxylation is 3. The first-order chi connectivity index (χ1) is 14.5. The lowest BCUT2D eigenvalue weighted by atomic mass is 10.1. The predicted octanol–water partition coefficient (Wildman–Crippen LogP) is 4.19. The number of pyridine rings is 1. The minimum Gasteiger partial charge on any atom is -0.495 e. The second-order valence-corrected chi connectivity index (χ2v) is 8.21. The van der Waals surface area contributed by atoms with Gasteiger partial charge in [0.2, 0.25) is 0 Å². The van der Waals surface area contributed by atoms with Gasteiger partial charge in [0.25, 0.3) is 5.91 Å². The number of carbonyl (C=O) groups is 2. The zero-order valence-corrected chi connectivity index (χ0v) is 18.8. The Morgan fingerprint density at radius 3 is 2.45 bits per heavy atom. The second-order valence-electron chi connectivity index (χ2n) is 8.21. The maximum atomic E-state index is 13.1. The van der Waals surface area contributed by atoms with Crippen LogP contribution >= 0.6 is 0 Å². The summed E-state index contributed by atoms with van der Waals surface area (Å²) < 4.78 is 12.3. The number of aromatic nitrogens is 3. The van der Waals surface area contributed by atoms with Gasteiger partial charge in [-0.3, -0.25) is 14.8 Å². The highest BCUT2D eigenvalue weighted by molar-refractivity contribution is 6.13. The third-order valence-electron chi connectivity index (χ3n) is 4.43. The van der Waals surface area contributed by atoms with Crippen molar-refractivity contribution in [1.29, 1.82) is 0 Å². The molecular weight excluding hydrogens is 398 g/mol. The van der Waals surface area contributed by atoms with E-state index in [9.17, 15) is 9.59 Å². The molecule has 2 N–H and O–H groups in total. The summed E-state index contributed by atoms with van der Waals surface area (Å²) in [6, 6.07) is 6.70. The van der Waals surface area contributed by atoms with Gasteiger partial charge in [0.05, 0.1) is 29.4 Å². The molecule has 0 aliphatic carbocycles. The number of benzene rings is 1. The molecule has 164 valence electrons. The van der Waals surface area contributed by atoms with Crippen molar-refractivity contribution < 1.29 is 19.1 Å². The van der Waals surface area contributed by atoms with Gasteiger partial charge in [-0.1, -0.05) is 0 Å². The first-order valence-electron chi connectivity index (χ1n) is 9.79. The van der Waals surface area contributed by atoms with E-state index in [0.29, 0.717) is 39.4 Å². The summed E-state index contributed by atoms with van der Waals surface area (Å²) in [5, 5.41) is 10.6. The van der Waals surface area contributed by atoms with Gasteiger partial charge in [-0.2, -0.15) is 5.10 Å². The Labute approximate surface area is 180 Å². The maximum Gasteiger partial charge on any atom is 0.412 e. The highest BCUT2D eigenvalue weighted by atomic mass is 16.6. The van der Waals surface area contributed by atoms with Crippen LogP contribution in [0.5, 0.6) is 5.75 Å². The first kappa shape index (κ1) is 22.1. The van der Waals surface area contributed by atoms with Crippen LogP contribution in [0.15, 0.2) is 24.3 Å². The molecule has 2 amide bonds. The lowest BCUT2D eigenvalue weighted by molar-refractivity contribution is 0.0635. The average Bonchev–Trinajstić information content (AvgIpc) is 2.93. The number of anilines is 2. The summed E-state index contributed by atoms with van der Waals surface area (Å²) in [5.41, 5.74) is 2.77. The van der Waals surface area contributed by atoms with Gasteiger partial charge in [0, 0.05) is 18.4 Å². The number of nitrogens with zero attached hydrogens (tertiary/aromatic N) is 3. The molecule has 0 aliphatic rings. The number of hydrogen-bond donors (Lipinski definition) is 2. The van der Waals surface area contributed by atoms with Crippen LogP contribution in [0.25, 0.3) is 11.0 Å². The number of carbonyl (C=O) groups excluding carboxylic acids is 2. The van der Waals surface area contributed by atoms with Crippen LogP contribution < -0.4 is 15.4 Å². The van der Waals surface area contributed by atoms with Crippen molar-refractivity contribution in [3.8, 4) is 5.75 Å². The van der Waals surface area contributed by atoms with Crippen molar-refractivity contribution in [2.45, 2.75) is 40.2 Å². The molecule has 31 heavy (non-hydrogen) atoms. The Balaban J connectivity index is 1.90. The van der Waals surface area contributed by atoms with Crippen molar-refractivity contribution in [2.75, 3.05) is 17.7 Å². The Kier molecular flexibility index (Phi) is 5.88. The van der Waals surface area contributed by atoms with Gasteiger partial charge < -0.3 is 14.8 Å². The third kappa shape index (κ3) is 4.93. The molecule has 2 aromatic heterocycles. The molecular formula is C22H27N5O4. The average molecular weight is 425 g/mol. The Bertz CT molecular complexity index is 1160. The summed E-state index contributed by atoms with van der Waals surface area (Å²) >= 11 is 0. The number of ether oxygens (including phenoxy) is 2. The van der Waals surface area contributed by atoms with E-state index in [0.717, 1.165) is 5.69 Å². The van der Waals surface area contributed by atoms with E-state index in [1.807, 2.05) is 13.8 Å². The zero-order chi connectivity index (χ0) is 22.9. The molecule has 1 aromatic carbocycles. The number of amides is 2. The predicted molar refractivity (Wildman–Crippen MR) is 119 cm³/mol. The first-order valence-corrected chi connectivity index (χ1v) is 9.79. The molecule has 0 atom stereocenters. The molecule has 9 heteroatoms. The van der Waals surface area contributed by atoms with Crippen LogP contribution in [0.2, 0.25) is 0 Å². The van der Waals surface area contributed by atoms with Crippen LogP contribution in [0.4, 0.5) is 16.2 Å². The van der Waals surface area contributed by atoms with E-state index in [1.165, 1.54) is 7.11 Å². The fraction of sp³-hybridized carbons (Fsp3) is 0.364. The Morgan fingerprint density at radius 2 is 1.81 bits per heavy atom. The number of methoxy groups -OCH3 is 1. The van der Waals surface area contributed by atoms with Crippen LogP contribution in [0.1, 0.15) is 42.5 Å². The van der Waals surface area contributed by atoms with Crippen LogP contribution in [-0.2, 0) is 11.8 Å². The number of fused-ring (bicyclic) bond motifs is 1. The van der Waals surface area contributed by atoms with Crippen molar-refractivity contribution in [3.05, 3.63) is 41.2 Å². The SMILES string of the molecule is COc1ccc(NC(=O)c2cc(C)nc3c2c(C)nn3C)cc1NC(=O)OC(C)(C)C. The Hall–Kier alpha value is -3.62. The summed E-state index contributed by atoms with van der Waals surface area (Å²) in [6.45, 7) is 9.00. The fourth-order valence-corrected chi connectivity index (χ4v) is 3.24. The third-order valence-corrected chi connectivity index (χ3v) is 4.43. The van der Waals surface area contributed by atoms with Crippen LogP contribution in [0.3, 0.4) is 0 Å². The minimum atomic E-state index is -0.644. The van der Waals surface area contributed by atoms with Crippen molar-refractivity contribution >= 4 is 34.4 Å². The number of nitrogens with one attached hydrogen (secondary N) is 2. The summed E-state index contributed by atoms with van der Waals surface area (Å²) in [5.74, 6) is 0.133. The Morgan fingerprint density at radius 1 is 1.10 bits per heavy atom. The molecule has 0 radical (unpaired) electrons. The van der Waals surface area contributed by atoms with Gasteiger partial charge in [0.1, 0.15) is 11.4 Å². The maximum absolute atomic E-state index is 13.1. The molecule has 0 saturated heterocycles. The zero-order valence-electron chi connectivity index (χ0n) is 18.8. The van der Waals surface area contributed by atoms with Crippen LogP contribution in [0, 0.1) is 13.8 Å². The molecule has 0 fully saturated rings. The molecule has 0 bridgehead atoms. The van der Waals surface area contributed by atoms with E-state index in [-0.39, 0.29) is 5.91 Å². The monoisotopic (exact) mass is 425 g/mol. The molecule has 0 spiro atoms. The molecule has 3 aromatic rings. The molecule has 0 saturated carbocycles. The van der Waals surface area contributed by atoms with Crippen molar-refractivity contribution in [3.63, 3.8) is 0 Å². The summed E-state index contributed by atoms with van der Waals surface area (Å²) in [6.07, 6.45) is -0.619. The van der Waals surface area contributed by atoms with E-state index >= 15 is 0 Å². The smallest absolute Gasteiger partial charge is 0.412 e. The fourth-order valence-electron chi connectivity index (χ4n) is 3.24. The van der Waals surface area contributed by atoms with Gasteiger partial charge in [-0.15, -0.1) is 0 Å². The summed E-state index contributed by atoms with van der Waals surface area (Å²) in [4.78, 5) is 29.8. The van der Waals surface area contributed by atoms with Gasteiger partial charge in [0.15, 0.2) is 5.65 Å². The molecule has 9 nitrogen and oxygen atoms in total. The van der Waals surface area contributed by atoms with Crippen LogP contribution in [-0.4, -0.2) is 39.5 Å². The van der Waals surface area contributed by atoms with Gasteiger partial charge in [-0.05, 0) is 58.9 Å². The lowest BCUT2D eigenvalue weighted by Gasteiger charge is -2.20. The van der Waals surface area contributed by atoms with E-state index in [2.05, 4.69) is 20.7 Å². The van der Waals surface area contributed by atoms with Gasteiger partial charge in [-0.25, -0.2) is 9.78 Å². The minimum absolute atomic E-state index is 0.306. The molecule has 3 rings (SSSR count). The molecule has 0 aliphatic heterocycles. The van der Waals surface area contributed by atoms with E-state index < -0.39 is 11.7 Å². The highest BCUT2D eigenvalue weighted by Gasteiger charge is 2.20. The second kappa shape index (κ2) is 8.25. The number of hydrogen-bond acceptors (Lipinski definition) is 6. The molecule has 0 unspecified atom stereocenters. The lowest BCUT2D eigenvalue weighted by Crippen LogP contribution is -2.27. The normalized spacial score (nSPS) is 11.3. The highest BCUT2D eigenvalue weighted by Crippen LogP contribution is 2.29. The topological polar surface area (TPSA) is 107 Å². The quantitative estimate of drug-likeness (QED) is 0.649. The standard InChI is InChI=1S/C22H27N5O4/c1-12-10-15(18-13(2)26-27(6)19(18)23-12)20(28)24-14-8-9-17(30-7)16(11-14)25-21(29)31-22(3,4)5/h8-11H,1-7H3,(H,24,28)(H,25,29). The summed E-state index contributed by atoms with van der Waals surface area (Å²) in [7, 11) is 3.29. The largest absolute Gasteiger partial charge is 0.495 e. The molecule has 2 heterocycles.